The zero-order valence-corrected chi connectivity index (χ0v) is 11.5. The molecule has 1 aromatic carbocycles. The van der Waals surface area contributed by atoms with E-state index in [4.69, 9.17) is 4.74 Å². The molecule has 4 nitrogen and oxygen atoms in total. The van der Waals surface area contributed by atoms with E-state index in [2.05, 4.69) is 17.0 Å². The fourth-order valence-electron chi connectivity index (χ4n) is 2.83. The molecule has 104 valence electrons. The molecule has 0 amide bonds. The van der Waals surface area contributed by atoms with Crippen LogP contribution in [0.4, 0.5) is 0 Å². The number of benzene rings is 1. The Kier molecular flexibility index (Phi) is 4.56. The number of carbonyl (C=O) groups is 1. The second kappa shape index (κ2) is 6.17. The summed E-state index contributed by atoms with van der Waals surface area (Å²) in [7, 11) is 1.68. The first-order valence-corrected chi connectivity index (χ1v) is 6.64. The Labute approximate surface area is 114 Å². The van der Waals surface area contributed by atoms with Gasteiger partial charge in [-0.2, -0.15) is 0 Å². The normalized spacial score (nSPS) is 25.4. The molecule has 1 fully saturated rings. The third-order valence-electron chi connectivity index (χ3n) is 3.91. The molecule has 1 aromatic rings. The van der Waals surface area contributed by atoms with Gasteiger partial charge in [-0.05, 0) is 11.5 Å². The molecule has 19 heavy (non-hydrogen) atoms. The first-order valence-electron chi connectivity index (χ1n) is 6.64. The lowest BCUT2D eigenvalue weighted by molar-refractivity contribution is -0.142. The van der Waals surface area contributed by atoms with Crippen LogP contribution in [0.25, 0.3) is 0 Å². The van der Waals surface area contributed by atoms with Gasteiger partial charge in [-0.15, -0.1) is 0 Å². The van der Waals surface area contributed by atoms with Crippen LogP contribution in [0.15, 0.2) is 30.3 Å². The first kappa shape index (κ1) is 14.0. The lowest BCUT2D eigenvalue weighted by atomic mass is 9.99. The molecule has 0 spiro atoms. The van der Waals surface area contributed by atoms with Gasteiger partial charge in [0.15, 0.2) is 0 Å². The minimum atomic E-state index is -0.695. The van der Waals surface area contributed by atoms with Crippen molar-refractivity contribution in [3.05, 3.63) is 35.9 Å². The number of carboxylic acid groups (broad SMARTS) is 1. The molecule has 1 heterocycles. The van der Waals surface area contributed by atoms with Crippen molar-refractivity contribution in [3.63, 3.8) is 0 Å². The lowest BCUT2D eigenvalue weighted by Gasteiger charge is -2.27. The van der Waals surface area contributed by atoms with Gasteiger partial charge in [-0.1, -0.05) is 37.3 Å². The third-order valence-corrected chi connectivity index (χ3v) is 3.91. The van der Waals surface area contributed by atoms with Crippen LogP contribution < -0.4 is 0 Å². The molecule has 0 aromatic heterocycles. The zero-order valence-electron chi connectivity index (χ0n) is 11.5. The van der Waals surface area contributed by atoms with E-state index in [0.29, 0.717) is 13.2 Å². The van der Waals surface area contributed by atoms with Crippen molar-refractivity contribution >= 4 is 5.97 Å². The quantitative estimate of drug-likeness (QED) is 0.883. The van der Waals surface area contributed by atoms with Crippen molar-refractivity contribution in [2.75, 3.05) is 26.8 Å². The van der Waals surface area contributed by atoms with Gasteiger partial charge >= 0.3 is 5.97 Å². The Hall–Kier alpha value is -1.39. The SMILES string of the molecule is COCC(c1ccccc1)N1C[C@@H](C)[C@H](C(=O)O)C1. The van der Waals surface area contributed by atoms with Crippen LogP contribution in [0.2, 0.25) is 0 Å². The molecule has 1 aliphatic rings. The summed E-state index contributed by atoms with van der Waals surface area (Å²) in [5, 5.41) is 9.23. The summed E-state index contributed by atoms with van der Waals surface area (Å²) >= 11 is 0. The summed E-state index contributed by atoms with van der Waals surface area (Å²) in [4.78, 5) is 13.4. The summed E-state index contributed by atoms with van der Waals surface area (Å²) in [6.45, 7) is 4.00. The summed E-state index contributed by atoms with van der Waals surface area (Å²) in [6, 6.07) is 10.3. The highest BCUT2D eigenvalue weighted by Crippen LogP contribution is 2.31. The molecule has 1 N–H and O–H groups in total. The number of methoxy groups -OCH3 is 1. The minimum Gasteiger partial charge on any atom is -0.481 e. The molecular weight excluding hydrogens is 242 g/mol. The molecule has 0 bridgehead atoms. The number of nitrogens with zero attached hydrogens (tertiary/aromatic N) is 1. The molecule has 4 heteroatoms. The van der Waals surface area contributed by atoms with Crippen LogP contribution in [0.5, 0.6) is 0 Å². The van der Waals surface area contributed by atoms with Gasteiger partial charge in [-0.25, -0.2) is 0 Å². The molecule has 0 aliphatic carbocycles. The average molecular weight is 263 g/mol. The number of aliphatic carboxylic acids is 1. The van der Waals surface area contributed by atoms with E-state index in [-0.39, 0.29) is 17.9 Å². The van der Waals surface area contributed by atoms with E-state index in [1.165, 1.54) is 5.56 Å². The molecule has 2 rings (SSSR count). The second-order valence-corrected chi connectivity index (χ2v) is 5.26. The number of likely N-dealkylation sites (tertiary alicyclic amines) is 1. The van der Waals surface area contributed by atoms with E-state index >= 15 is 0 Å². The second-order valence-electron chi connectivity index (χ2n) is 5.26. The Morgan fingerprint density at radius 3 is 2.63 bits per heavy atom. The summed E-state index contributed by atoms with van der Waals surface area (Å²) < 4.78 is 5.31. The predicted molar refractivity (Wildman–Crippen MR) is 72.9 cm³/mol. The van der Waals surface area contributed by atoms with Crippen molar-refractivity contribution in [2.24, 2.45) is 11.8 Å². The van der Waals surface area contributed by atoms with Gasteiger partial charge in [0.05, 0.1) is 18.6 Å². The maximum atomic E-state index is 11.2. The molecular formula is C15H21NO3. The van der Waals surface area contributed by atoms with Crippen molar-refractivity contribution in [1.29, 1.82) is 0 Å². The molecule has 1 unspecified atom stereocenters. The standard InChI is InChI=1S/C15H21NO3/c1-11-8-16(9-13(11)15(17)18)14(10-19-2)12-6-4-3-5-7-12/h3-7,11,13-14H,8-10H2,1-2H3,(H,17,18)/t11-,13-,14?/m1/s1. The fraction of sp³-hybridized carbons (Fsp3) is 0.533. The van der Waals surface area contributed by atoms with Crippen molar-refractivity contribution in [3.8, 4) is 0 Å². The van der Waals surface area contributed by atoms with Crippen LogP contribution in [-0.2, 0) is 9.53 Å². The molecule has 0 radical (unpaired) electrons. The summed E-state index contributed by atoms with van der Waals surface area (Å²) in [5.41, 5.74) is 1.18. The fourth-order valence-corrected chi connectivity index (χ4v) is 2.83. The number of carboxylic acids is 1. The Bertz CT molecular complexity index is 421. The molecule has 1 saturated heterocycles. The Morgan fingerprint density at radius 2 is 2.11 bits per heavy atom. The largest absolute Gasteiger partial charge is 0.481 e. The number of rotatable bonds is 5. The number of hydrogen-bond acceptors (Lipinski definition) is 3. The number of ether oxygens (including phenoxy) is 1. The van der Waals surface area contributed by atoms with Gasteiger partial charge < -0.3 is 9.84 Å². The van der Waals surface area contributed by atoms with E-state index in [9.17, 15) is 9.90 Å². The van der Waals surface area contributed by atoms with Crippen LogP contribution in [0, 0.1) is 11.8 Å². The van der Waals surface area contributed by atoms with E-state index in [0.717, 1.165) is 6.54 Å². The lowest BCUT2D eigenvalue weighted by Crippen LogP contribution is -2.30. The number of hydrogen-bond donors (Lipinski definition) is 1. The highest BCUT2D eigenvalue weighted by molar-refractivity contribution is 5.71. The van der Waals surface area contributed by atoms with Gasteiger partial charge in [0.2, 0.25) is 0 Å². The average Bonchev–Trinajstić information content (AvgIpc) is 2.79. The summed E-state index contributed by atoms with van der Waals surface area (Å²) in [5.74, 6) is -0.789. The van der Waals surface area contributed by atoms with Gasteiger partial charge in [-0.3, -0.25) is 9.69 Å². The van der Waals surface area contributed by atoms with Gasteiger partial charge in [0.25, 0.3) is 0 Å². The van der Waals surface area contributed by atoms with Crippen molar-refractivity contribution in [2.45, 2.75) is 13.0 Å². The topological polar surface area (TPSA) is 49.8 Å². The molecule has 3 atom stereocenters. The minimum absolute atomic E-state index is 0.137. The highest BCUT2D eigenvalue weighted by Gasteiger charge is 2.38. The van der Waals surface area contributed by atoms with Gasteiger partial charge in [0.1, 0.15) is 0 Å². The third kappa shape index (κ3) is 3.14. The maximum absolute atomic E-state index is 11.2. The van der Waals surface area contributed by atoms with Gasteiger partial charge in [0, 0.05) is 20.2 Å². The predicted octanol–water partition coefficient (Wildman–Crippen LogP) is 2.03. The van der Waals surface area contributed by atoms with Crippen molar-refractivity contribution < 1.29 is 14.6 Å². The molecule has 0 saturated carbocycles. The van der Waals surface area contributed by atoms with Crippen LogP contribution in [0.1, 0.15) is 18.5 Å². The maximum Gasteiger partial charge on any atom is 0.308 e. The molecule has 1 aliphatic heterocycles. The van der Waals surface area contributed by atoms with E-state index in [1.54, 1.807) is 7.11 Å². The first-order chi connectivity index (χ1) is 9.13. The zero-order chi connectivity index (χ0) is 13.8. The van der Waals surface area contributed by atoms with E-state index < -0.39 is 5.97 Å². The Balaban J connectivity index is 2.15. The van der Waals surface area contributed by atoms with Crippen LogP contribution in [0.3, 0.4) is 0 Å². The Morgan fingerprint density at radius 1 is 1.42 bits per heavy atom. The summed E-state index contributed by atoms with van der Waals surface area (Å²) in [6.07, 6.45) is 0. The van der Waals surface area contributed by atoms with Crippen LogP contribution in [-0.4, -0.2) is 42.8 Å². The van der Waals surface area contributed by atoms with Crippen LogP contribution >= 0.6 is 0 Å². The van der Waals surface area contributed by atoms with E-state index in [1.807, 2.05) is 25.1 Å². The smallest absolute Gasteiger partial charge is 0.308 e. The van der Waals surface area contributed by atoms with Crippen molar-refractivity contribution in [1.82, 2.24) is 4.90 Å². The monoisotopic (exact) mass is 263 g/mol. The highest BCUT2D eigenvalue weighted by atomic mass is 16.5.